The van der Waals surface area contributed by atoms with Crippen molar-refractivity contribution >= 4 is 34.1 Å². The van der Waals surface area contributed by atoms with Crippen molar-refractivity contribution in [1.82, 2.24) is 9.13 Å². The van der Waals surface area contributed by atoms with Crippen LogP contribution >= 0.6 is 11.6 Å². The predicted molar refractivity (Wildman–Crippen MR) is 112 cm³/mol. The standard InChI is InChI=1S/C22H16ClF2N3O2/c23-17-11-16(5-6-19(17)25)26-20(29)13-28-10-8-14-7-9-27(21(14)22(28)30)12-15-3-1-2-4-18(15)24/h1-11H,12-13H2,(H,26,29). The summed E-state index contributed by atoms with van der Waals surface area (Å²) in [6.45, 7) is -0.0512. The van der Waals surface area contributed by atoms with E-state index < -0.39 is 11.7 Å². The van der Waals surface area contributed by atoms with Gasteiger partial charge in [-0.05, 0) is 36.4 Å². The van der Waals surface area contributed by atoms with Crippen LogP contribution in [0.2, 0.25) is 5.02 Å². The Morgan fingerprint density at radius 2 is 1.70 bits per heavy atom. The summed E-state index contributed by atoms with van der Waals surface area (Å²) >= 11 is 5.72. The quantitative estimate of drug-likeness (QED) is 0.512. The van der Waals surface area contributed by atoms with Gasteiger partial charge >= 0.3 is 0 Å². The Labute approximate surface area is 175 Å². The van der Waals surface area contributed by atoms with Crippen molar-refractivity contribution < 1.29 is 13.6 Å². The molecule has 4 rings (SSSR count). The largest absolute Gasteiger partial charge is 0.338 e. The van der Waals surface area contributed by atoms with Gasteiger partial charge in [0, 0.05) is 29.0 Å². The Kier molecular flexibility index (Phi) is 5.37. The van der Waals surface area contributed by atoms with Gasteiger partial charge in [-0.25, -0.2) is 8.78 Å². The fourth-order valence-electron chi connectivity index (χ4n) is 3.24. The lowest BCUT2D eigenvalue weighted by Gasteiger charge is -2.10. The Bertz CT molecular complexity index is 1310. The van der Waals surface area contributed by atoms with Crippen molar-refractivity contribution in [2.24, 2.45) is 0 Å². The molecule has 30 heavy (non-hydrogen) atoms. The third-order valence-electron chi connectivity index (χ3n) is 4.71. The van der Waals surface area contributed by atoms with E-state index >= 15 is 0 Å². The van der Waals surface area contributed by atoms with E-state index in [0.29, 0.717) is 22.2 Å². The van der Waals surface area contributed by atoms with Gasteiger partial charge in [-0.15, -0.1) is 0 Å². The fraction of sp³-hybridized carbons (Fsp3) is 0.0909. The molecule has 2 aromatic carbocycles. The highest BCUT2D eigenvalue weighted by Gasteiger charge is 2.13. The fourth-order valence-corrected chi connectivity index (χ4v) is 3.42. The predicted octanol–water partition coefficient (Wildman–Crippen LogP) is 4.42. The average Bonchev–Trinajstić information content (AvgIpc) is 3.12. The van der Waals surface area contributed by atoms with Gasteiger partial charge in [0.1, 0.15) is 23.7 Å². The third kappa shape index (κ3) is 3.97. The minimum Gasteiger partial charge on any atom is -0.338 e. The summed E-state index contributed by atoms with van der Waals surface area (Å²) < 4.78 is 30.2. The Hall–Kier alpha value is -3.45. The monoisotopic (exact) mass is 427 g/mol. The van der Waals surface area contributed by atoms with Gasteiger partial charge < -0.3 is 14.5 Å². The van der Waals surface area contributed by atoms with Crippen LogP contribution in [-0.4, -0.2) is 15.0 Å². The van der Waals surface area contributed by atoms with Crippen molar-refractivity contribution in [3.05, 3.63) is 99.6 Å². The number of amides is 1. The maximum atomic E-state index is 14.0. The van der Waals surface area contributed by atoms with E-state index in [2.05, 4.69) is 5.32 Å². The number of halogens is 3. The number of rotatable bonds is 5. The first-order valence-corrected chi connectivity index (χ1v) is 9.47. The molecule has 0 saturated carbocycles. The van der Waals surface area contributed by atoms with Gasteiger partial charge in [0.05, 0.1) is 11.6 Å². The molecule has 8 heteroatoms. The van der Waals surface area contributed by atoms with Crippen LogP contribution in [0.3, 0.4) is 0 Å². The zero-order chi connectivity index (χ0) is 21.3. The third-order valence-corrected chi connectivity index (χ3v) is 5.00. The number of nitrogens with zero attached hydrogens (tertiary/aromatic N) is 2. The van der Waals surface area contributed by atoms with Crippen LogP contribution in [0.4, 0.5) is 14.5 Å². The number of hydrogen-bond donors (Lipinski definition) is 1. The van der Waals surface area contributed by atoms with Crippen LogP contribution in [0.5, 0.6) is 0 Å². The molecule has 5 nitrogen and oxygen atoms in total. The highest BCUT2D eigenvalue weighted by atomic mass is 35.5. The molecule has 1 amide bonds. The molecular weight excluding hydrogens is 412 g/mol. The average molecular weight is 428 g/mol. The van der Waals surface area contributed by atoms with Gasteiger partial charge in [-0.2, -0.15) is 0 Å². The number of anilines is 1. The molecule has 0 bridgehead atoms. The second kappa shape index (κ2) is 8.12. The Balaban J connectivity index is 1.60. The molecule has 0 atom stereocenters. The second-order valence-corrected chi connectivity index (χ2v) is 7.17. The highest BCUT2D eigenvalue weighted by Crippen LogP contribution is 2.19. The second-order valence-electron chi connectivity index (χ2n) is 6.76. The van der Waals surface area contributed by atoms with Gasteiger partial charge in [0.25, 0.3) is 5.56 Å². The number of nitrogens with one attached hydrogen (secondary N) is 1. The minimum absolute atomic E-state index is 0.114. The van der Waals surface area contributed by atoms with E-state index in [-0.39, 0.29) is 29.5 Å². The maximum absolute atomic E-state index is 14.0. The lowest BCUT2D eigenvalue weighted by molar-refractivity contribution is -0.116. The summed E-state index contributed by atoms with van der Waals surface area (Å²) in [6.07, 6.45) is 3.23. The summed E-state index contributed by atoms with van der Waals surface area (Å²) in [5, 5.41) is 3.16. The summed E-state index contributed by atoms with van der Waals surface area (Å²) in [7, 11) is 0. The van der Waals surface area contributed by atoms with E-state index in [0.717, 1.165) is 6.07 Å². The van der Waals surface area contributed by atoms with Crippen molar-refractivity contribution in [3.63, 3.8) is 0 Å². The molecular formula is C22H16ClF2N3O2. The summed E-state index contributed by atoms with van der Waals surface area (Å²) in [5.74, 6) is -1.41. The first-order valence-electron chi connectivity index (χ1n) is 9.09. The molecule has 0 radical (unpaired) electrons. The lowest BCUT2D eigenvalue weighted by Crippen LogP contribution is -2.28. The van der Waals surface area contributed by atoms with E-state index in [9.17, 15) is 18.4 Å². The number of pyridine rings is 1. The molecule has 0 aliphatic rings. The van der Waals surface area contributed by atoms with Gasteiger partial charge in [0.2, 0.25) is 5.91 Å². The van der Waals surface area contributed by atoms with Crippen molar-refractivity contribution in [2.75, 3.05) is 5.32 Å². The Morgan fingerprint density at radius 1 is 0.967 bits per heavy atom. The van der Waals surface area contributed by atoms with Crippen LogP contribution in [0, 0.1) is 11.6 Å². The van der Waals surface area contributed by atoms with Crippen molar-refractivity contribution in [3.8, 4) is 0 Å². The SMILES string of the molecule is O=C(Cn1ccc2ccn(Cc3ccccc3F)c2c1=O)Nc1ccc(F)c(Cl)c1. The van der Waals surface area contributed by atoms with Gasteiger partial charge in [-0.1, -0.05) is 29.8 Å². The highest BCUT2D eigenvalue weighted by molar-refractivity contribution is 6.31. The molecule has 2 aromatic heterocycles. The minimum atomic E-state index is -0.591. The molecule has 0 fully saturated rings. The number of hydrogen-bond acceptors (Lipinski definition) is 2. The Morgan fingerprint density at radius 3 is 2.43 bits per heavy atom. The molecule has 1 N–H and O–H groups in total. The van der Waals surface area contributed by atoms with Crippen LogP contribution in [0.15, 0.2) is 71.8 Å². The van der Waals surface area contributed by atoms with Gasteiger partial charge in [0.15, 0.2) is 0 Å². The first-order chi connectivity index (χ1) is 14.4. The smallest absolute Gasteiger partial charge is 0.275 e. The molecule has 152 valence electrons. The lowest BCUT2D eigenvalue weighted by atomic mass is 10.2. The first kappa shape index (κ1) is 19.8. The molecule has 0 aliphatic carbocycles. The molecule has 0 unspecified atom stereocenters. The van der Waals surface area contributed by atoms with Crippen LogP contribution in [0.1, 0.15) is 5.56 Å². The zero-order valence-corrected chi connectivity index (χ0v) is 16.4. The molecule has 2 heterocycles. The van der Waals surface area contributed by atoms with E-state index in [4.69, 9.17) is 11.6 Å². The van der Waals surface area contributed by atoms with Crippen molar-refractivity contribution in [2.45, 2.75) is 13.1 Å². The number of aromatic nitrogens is 2. The maximum Gasteiger partial charge on any atom is 0.275 e. The number of fused-ring (bicyclic) bond motifs is 1. The van der Waals surface area contributed by atoms with Gasteiger partial charge in [-0.3, -0.25) is 9.59 Å². The summed E-state index contributed by atoms with van der Waals surface area (Å²) in [6, 6.07) is 13.7. The number of benzene rings is 2. The normalized spacial score (nSPS) is 11.0. The molecule has 4 aromatic rings. The number of carbonyl (C=O) groups is 1. The van der Waals surface area contributed by atoms with E-state index in [1.165, 1.54) is 29.0 Å². The number of carbonyl (C=O) groups excluding carboxylic acids is 1. The molecule has 0 saturated heterocycles. The van der Waals surface area contributed by atoms with E-state index in [1.807, 2.05) is 0 Å². The molecule has 0 aliphatic heterocycles. The van der Waals surface area contributed by atoms with Crippen LogP contribution in [-0.2, 0) is 17.9 Å². The summed E-state index contributed by atoms with van der Waals surface area (Å²) in [4.78, 5) is 25.3. The summed E-state index contributed by atoms with van der Waals surface area (Å²) in [5.41, 5.74) is 0.777. The molecule has 0 spiro atoms. The topological polar surface area (TPSA) is 56.0 Å². The van der Waals surface area contributed by atoms with Crippen LogP contribution in [0.25, 0.3) is 10.9 Å². The zero-order valence-electron chi connectivity index (χ0n) is 15.6. The van der Waals surface area contributed by atoms with E-state index in [1.54, 1.807) is 41.1 Å². The van der Waals surface area contributed by atoms with Crippen molar-refractivity contribution in [1.29, 1.82) is 0 Å². The van der Waals surface area contributed by atoms with Crippen LogP contribution < -0.4 is 10.9 Å².